The number of rotatable bonds is 5. The van der Waals surface area contributed by atoms with Crippen molar-refractivity contribution in [3.63, 3.8) is 0 Å². The molecule has 1 saturated heterocycles. The number of carbonyl (C=O) groups is 1. The van der Waals surface area contributed by atoms with Crippen LogP contribution in [0.2, 0.25) is 0 Å². The number of methoxy groups -OCH3 is 2. The molecule has 1 aromatic rings. The third kappa shape index (κ3) is 3.65. The Kier molecular flexibility index (Phi) is 5.03. The van der Waals surface area contributed by atoms with Crippen LogP contribution in [0.25, 0.3) is 0 Å². The van der Waals surface area contributed by atoms with Crippen LogP contribution < -0.4 is 14.8 Å². The van der Waals surface area contributed by atoms with Gasteiger partial charge in [-0.15, -0.1) is 0 Å². The molecule has 116 valence electrons. The Morgan fingerprint density at radius 2 is 2.05 bits per heavy atom. The highest BCUT2D eigenvalue weighted by molar-refractivity contribution is 5.97. The summed E-state index contributed by atoms with van der Waals surface area (Å²) < 4.78 is 15.6. The number of amides is 1. The van der Waals surface area contributed by atoms with Gasteiger partial charge in [-0.25, -0.2) is 0 Å². The van der Waals surface area contributed by atoms with Gasteiger partial charge in [-0.1, -0.05) is 6.07 Å². The summed E-state index contributed by atoms with van der Waals surface area (Å²) in [7, 11) is 3.00. The zero-order valence-corrected chi connectivity index (χ0v) is 12.3. The SMILES string of the molecule is COc1cccc(C(=O)NCC2(O)CCOCC2)c1OC. The van der Waals surface area contributed by atoms with Crippen LogP contribution in [0.3, 0.4) is 0 Å². The number of aliphatic hydroxyl groups is 1. The van der Waals surface area contributed by atoms with E-state index in [2.05, 4.69) is 5.32 Å². The number of hydrogen-bond donors (Lipinski definition) is 2. The van der Waals surface area contributed by atoms with E-state index < -0.39 is 5.60 Å². The van der Waals surface area contributed by atoms with Crippen molar-refractivity contribution in [3.05, 3.63) is 23.8 Å². The first-order valence-electron chi connectivity index (χ1n) is 6.89. The quantitative estimate of drug-likeness (QED) is 0.846. The van der Waals surface area contributed by atoms with Crippen molar-refractivity contribution in [2.45, 2.75) is 18.4 Å². The molecule has 0 aliphatic carbocycles. The Bertz CT molecular complexity index is 497. The van der Waals surface area contributed by atoms with Crippen LogP contribution in [-0.4, -0.2) is 50.6 Å². The van der Waals surface area contributed by atoms with Crippen LogP contribution in [0, 0.1) is 0 Å². The predicted octanol–water partition coefficient (Wildman–Crippen LogP) is 0.975. The van der Waals surface area contributed by atoms with Gasteiger partial charge in [0.15, 0.2) is 11.5 Å². The molecule has 21 heavy (non-hydrogen) atoms. The Hall–Kier alpha value is -1.79. The van der Waals surface area contributed by atoms with Crippen molar-refractivity contribution in [3.8, 4) is 11.5 Å². The zero-order chi connectivity index (χ0) is 15.3. The van der Waals surface area contributed by atoms with Gasteiger partial charge in [-0.05, 0) is 12.1 Å². The van der Waals surface area contributed by atoms with Gasteiger partial charge in [-0.3, -0.25) is 4.79 Å². The van der Waals surface area contributed by atoms with Gasteiger partial charge in [0.2, 0.25) is 0 Å². The van der Waals surface area contributed by atoms with Crippen molar-refractivity contribution in [2.75, 3.05) is 34.0 Å². The molecule has 0 saturated carbocycles. The minimum absolute atomic E-state index is 0.190. The molecule has 2 N–H and O–H groups in total. The summed E-state index contributed by atoms with van der Waals surface area (Å²) in [4.78, 5) is 12.3. The van der Waals surface area contributed by atoms with E-state index in [1.165, 1.54) is 14.2 Å². The molecular weight excluding hydrogens is 274 g/mol. The van der Waals surface area contributed by atoms with Crippen molar-refractivity contribution in [2.24, 2.45) is 0 Å². The molecule has 0 unspecified atom stereocenters. The number of ether oxygens (including phenoxy) is 3. The van der Waals surface area contributed by atoms with Crippen LogP contribution in [0.4, 0.5) is 0 Å². The Morgan fingerprint density at radius 3 is 2.67 bits per heavy atom. The van der Waals surface area contributed by atoms with Gasteiger partial charge in [0, 0.05) is 32.6 Å². The molecule has 6 heteroatoms. The summed E-state index contributed by atoms with van der Waals surface area (Å²) in [6, 6.07) is 5.10. The molecule has 1 aliphatic rings. The van der Waals surface area contributed by atoms with Gasteiger partial charge in [0.25, 0.3) is 5.91 Å². The zero-order valence-electron chi connectivity index (χ0n) is 12.3. The summed E-state index contributed by atoms with van der Waals surface area (Å²) in [6.45, 7) is 1.21. The van der Waals surface area contributed by atoms with Crippen LogP contribution in [0.5, 0.6) is 11.5 Å². The molecular formula is C15H21NO5. The fourth-order valence-corrected chi connectivity index (χ4v) is 2.33. The number of benzene rings is 1. The van der Waals surface area contributed by atoms with Gasteiger partial charge < -0.3 is 24.6 Å². The van der Waals surface area contributed by atoms with Crippen LogP contribution in [-0.2, 0) is 4.74 Å². The van der Waals surface area contributed by atoms with Crippen molar-refractivity contribution in [1.29, 1.82) is 0 Å². The lowest BCUT2D eigenvalue weighted by Crippen LogP contribution is -2.46. The topological polar surface area (TPSA) is 77.0 Å². The number of nitrogens with one attached hydrogen (secondary N) is 1. The second-order valence-corrected chi connectivity index (χ2v) is 5.06. The fraction of sp³-hybridized carbons (Fsp3) is 0.533. The highest BCUT2D eigenvalue weighted by Gasteiger charge is 2.30. The van der Waals surface area contributed by atoms with Gasteiger partial charge in [0.1, 0.15) is 0 Å². The Morgan fingerprint density at radius 1 is 1.33 bits per heavy atom. The smallest absolute Gasteiger partial charge is 0.255 e. The van der Waals surface area contributed by atoms with E-state index in [1.807, 2.05) is 0 Å². The fourth-order valence-electron chi connectivity index (χ4n) is 2.33. The largest absolute Gasteiger partial charge is 0.493 e. The molecule has 1 aromatic carbocycles. The molecule has 1 amide bonds. The number of hydrogen-bond acceptors (Lipinski definition) is 5. The van der Waals surface area contributed by atoms with Crippen LogP contribution in [0.1, 0.15) is 23.2 Å². The second-order valence-electron chi connectivity index (χ2n) is 5.06. The van der Waals surface area contributed by atoms with Crippen LogP contribution >= 0.6 is 0 Å². The van der Waals surface area contributed by atoms with E-state index >= 15 is 0 Å². The molecule has 1 aliphatic heterocycles. The third-order valence-electron chi connectivity index (χ3n) is 3.65. The Balaban J connectivity index is 2.06. The van der Waals surface area contributed by atoms with Crippen LogP contribution in [0.15, 0.2) is 18.2 Å². The molecule has 0 spiro atoms. The average molecular weight is 295 g/mol. The average Bonchev–Trinajstić information content (AvgIpc) is 2.52. The molecule has 1 fully saturated rings. The van der Waals surface area contributed by atoms with E-state index in [4.69, 9.17) is 14.2 Å². The molecule has 1 heterocycles. The standard InChI is InChI=1S/C15H21NO5/c1-19-12-5-3-4-11(13(12)20-2)14(17)16-10-15(18)6-8-21-9-7-15/h3-5,18H,6-10H2,1-2H3,(H,16,17). The molecule has 0 bridgehead atoms. The first-order valence-corrected chi connectivity index (χ1v) is 6.89. The number of para-hydroxylation sites is 1. The van der Waals surface area contributed by atoms with Crippen molar-refractivity contribution >= 4 is 5.91 Å². The molecule has 6 nitrogen and oxygen atoms in total. The maximum atomic E-state index is 12.3. The maximum Gasteiger partial charge on any atom is 0.255 e. The lowest BCUT2D eigenvalue weighted by Gasteiger charge is -2.32. The van der Waals surface area contributed by atoms with E-state index in [0.717, 1.165) is 0 Å². The molecule has 0 aromatic heterocycles. The lowest BCUT2D eigenvalue weighted by atomic mass is 9.94. The first-order chi connectivity index (χ1) is 10.1. The van der Waals surface area contributed by atoms with Gasteiger partial charge in [0.05, 0.1) is 25.4 Å². The molecule has 0 radical (unpaired) electrons. The monoisotopic (exact) mass is 295 g/mol. The summed E-state index contributed by atoms with van der Waals surface area (Å²) in [5, 5.41) is 13.1. The minimum atomic E-state index is -0.903. The summed E-state index contributed by atoms with van der Waals surface area (Å²) in [6.07, 6.45) is 1.03. The first kappa shape index (κ1) is 15.6. The highest BCUT2D eigenvalue weighted by Crippen LogP contribution is 2.30. The summed E-state index contributed by atoms with van der Waals surface area (Å²) >= 11 is 0. The number of carbonyl (C=O) groups excluding carboxylic acids is 1. The van der Waals surface area contributed by atoms with Crippen molar-refractivity contribution < 1.29 is 24.1 Å². The minimum Gasteiger partial charge on any atom is -0.493 e. The van der Waals surface area contributed by atoms with E-state index in [9.17, 15) is 9.90 Å². The van der Waals surface area contributed by atoms with E-state index in [-0.39, 0.29) is 12.5 Å². The molecule has 0 atom stereocenters. The molecule has 2 rings (SSSR count). The maximum absolute atomic E-state index is 12.3. The Labute approximate surface area is 124 Å². The normalized spacial score (nSPS) is 17.1. The highest BCUT2D eigenvalue weighted by atomic mass is 16.5. The van der Waals surface area contributed by atoms with Gasteiger partial charge in [-0.2, -0.15) is 0 Å². The summed E-state index contributed by atoms with van der Waals surface area (Å²) in [5.41, 5.74) is -0.521. The lowest BCUT2D eigenvalue weighted by molar-refractivity contribution is -0.0605. The summed E-state index contributed by atoms with van der Waals surface area (Å²) in [5.74, 6) is 0.581. The third-order valence-corrected chi connectivity index (χ3v) is 3.65. The van der Waals surface area contributed by atoms with E-state index in [1.54, 1.807) is 18.2 Å². The predicted molar refractivity (Wildman–Crippen MR) is 76.9 cm³/mol. The second kappa shape index (κ2) is 6.78. The van der Waals surface area contributed by atoms with Crippen molar-refractivity contribution in [1.82, 2.24) is 5.32 Å². The van der Waals surface area contributed by atoms with Gasteiger partial charge >= 0.3 is 0 Å². The van der Waals surface area contributed by atoms with E-state index in [0.29, 0.717) is 43.1 Å².